The lowest BCUT2D eigenvalue weighted by Gasteiger charge is -2.16. The summed E-state index contributed by atoms with van der Waals surface area (Å²) in [5.74, 6) is -0.350. The monoisotopic (exact) mass is 308 g/mol. The number of hydrogen-bond donors (Lipinski definition) is 1. The topological polar surface area (TPSA) is 20.2 Å². The van der Waals surface area contributed by atoms with Crippen LogP contribution in [0.2, 0.25) is 0 Å². The molecule has 0 saturated carbocycles. The van der Waals surface area contributed by atoms with E-state index in [4.69, 9.17) is 0 Å². The minimum Gasteiger partial charge on any atom is -0.384 e. The summed E-state index contributed by atoms with van der Waals surface area (Å²) in [6.07, 6.45) is -0.823. The lowest BCUT2D eigenvalue weighted by molar-refractivity contribution is 0.218. The van der Waals surface area contributed by atoms with Crippen molar-refractivity contribution in [3.63, 3.8) is 0 Å². The van der Waals surface area contributed by atoms with Crippen molar-refractivity contribution >= 4 is 15.9 Å². The zero-order valence-electron chi connectivity index (χ0n) is 10.2. The molecule has 3 heteroatoms. The fraction of sp³-hybridized carbons (Fsp3) is 0.200. The van der Waals surface area contributed by atoms with Crippen molar-refractivity contribution in [3.05, 3.63) is 68.9 Å². The van der Waals surface area contributed by atoms with Crippen LogP contribution in [0.5, 0.6) is 0 Å². The average Bonchev–Trinajstić information content (AvgIpc) is 2.31. The molecule has 0 radical (unpaired) electrons. The summed E-state index contributed by atoms with van der Waals surface area (Å²) in [7, 11) is 0. The number of hydrogen-bond acceptors (Lipinski definition) is 1. The van der Waals surface area contributed by atoms with Gasteiger partial charge in [0.25, 0.3) is 0 Å². The lowest BCUT2D eigenvalue weighted by atomic mass is 9.96. The molecule has 94 valence electrons. The fourth-order valence-corrected chi connectivity index (χ4v) is 2.49. The molecule has 0 amide bonds. The standard InChI is InChI=1S/C15H14BrFO/c1-9-3-5-12(10(2)7-9)15(18)13-8-11(17)4-6-14(13)16/h3-8,15,18H,1-2H3. The van der Waals surface area contributed by atoms with E-state index in [1.165, 1.54) is 12.1 Å². The Kier molecular flexibility index (Phi) is 3.83. The molecule has 0 bridgehead atoms. The summed E-state index contributed by atoms with van der Waals surface area (Å²) in [6.45, 7) is 3.94. The lowest BCUT2D eigenvalue weighted by Crippen LogP contribution is -2.03. The molecule has 2 aromatic carbocycles. The van der Waals surface area contributed by atoms with Crippen molar-refractivity contribution < 1.29 is 9.50 Å². The Labute approximate surface area is 114 Å². The van der Waals surface area contributed by atoms with E-state index in [0.717, 1.165) is 16.7 Å². The van der Waals surface area contributed by atoms with E-state index in [1.54, 1.807) is 6.07 Å². The third kappa shape index (κ3) is 2.62. The maximum absolute atomic E-state index is 13.3. The normalized spacial score (nSPS) is 12.5. The second-order valence-electron chi connectivity index (χ2n) is 4.43. The molecule has 1 unspecified atom stereocenters. The van der Waals surface area contributed by atoms with Gasteiger partial charge in [-0.25, -0.2) is 4.39 Å². The van der Waals surface area contributed by atoms with Gasteiger partial charge in [0.05, 0.1) is 0 Å². The van der Waals surface area contributed by atoms with Gasteiger partial charge in [0, 0.05) is 10.0 Å². The van der Waals surface area contributed by atoms with Crippen LogP contribution < -0.4 is 0 Å². The Morgan fingerprint density at radius 1 is 1.06 bits per heavy atom. The zero-order chi connectivity index (χ0) is 13.3. The maximum atomic E-state index is 13.3. The van der Waals surface area contributed by atoms with E-state index in [-0.39, 0.29) is 5.82 Å². The molecule has 1 atom stereocenters. The predicted molar refractivity (Wildman–Crippen MR) is 74.1 cm³/mol. The van der Waals surface area contributed by atoms with Crippen molar-refractivity contribution in [2.45, 2.75) is 20.0 Å². The number of benzene rings is 2. The number of halogens is 2. The SMILES string of the molecule is Cc1ccc(C(O)c2cc(F)ccc2Br)c(C)c1. The Morgan fingerprint density at radius 2 is 1.78 bits per heavy atom. The van der Waals surface area contributed by atoms with Gasteiger partial charge < -0.3 is 5.11 Å². The number of aryl methyl sites for hydroxylation is 2. The average molecular weight is 309 g/mol. The van der Waals surface area contributed by atoms with E-state index in [1.807, 2.05) is 32.0 Å². The molecular weight excluding hydrogens is 295 g/mol. The second-order valence-corrected chi connectivity index (χ2v) is 5.28. The van der Waals surface area contributed by atoms with Crippen molar-refractivity contribution in [2.24, 2.45) is 0 Å². The molecule has 2 rings (SSSR count). The third-order valence-corrected chi connectivity index (χ3v) is 3.69. The summed E-state index contributed by atoms with van der Waals surface area (Å²) in [5.41, 5.74) is 3.48. The van der Waals surface area contributed by atoms with Gasteiger partial charge >= 0.3 is 0 Å². The molecule has 0 heterocycles. The van der Waals surface area contributed by atoms with Crippen LogP contribution in [0.1, 0.15) is 28.4 Å². The minimum absolute atomic E-state index is 0.350. The second kappa shape index (κ2) is 5.21. The maximum Gasteiger partial charge on any atom is 0.123 e. The van der Waals surface area contributed by atoms with E-state index < -0.39 is 6.10 Å². The molecule has 0 aromatic heterocycles. The van der Waals surface area contributed by atoms with Crippen LogP contribution in [-0.2, 0) is 0 Å². The van der Waals surface area contributed by atoms with Gasteiger partial charge in [-0.2, -0.15) is 0 Å². The summed E-state index contributed by atoms with van der Waals surface area (Å²) < 4.78 is 14.0. The van der Waals surface area contributed by atoms with Crippen LogP contribution in [-0.4, -0.2) is 5.11 Å². The highest BCUT2D eigenvalue weighted by molar-refractivity contribution is 9.10. The zero-order valence-corrected chi connectivity index (χ0v) is 11.8. The number of aliphatic hydroxyl groups excluding tert-OH is 1. The summed E-state index contributed by atoms with van der Waals surface area (Å²) >= 11 is 3.34. The first-order valence-electron chi connectivity index (χ1n) is 5.69. The van der Waals surface area contributed by atoms with E-state index in [9.17, 15) is 9.50 Å². The highest BCUT2D eigenvalue weighted by Gasteiger charge is 2.16. The van der Waals surface area contributed by atoms with Gasteiger partial charge in [0.15, 0.2) is 0 Å². The van der Waals surface area contributed by atoms with Crippen LogP contribution in [0.15, 0.2) is 40.9 Å². The molecular formula is C15H14BrFO. The van der Waals surface area contributed by atoms with Gasteiger partial charge in [-0.05, 0) is 43.2 Å². The quantitative estimate of drug-likeness (QED) is 0.877. The highest BCUT2D eigenvalue weighted by Crippen LogP contribution is 2.31. The van der Waals surface area contributed by atoms with Gasteiger partial charge in [0.1, 0.15) is 11.9 Å². The van der Waals surface area contributed by atoms with Crippen LogP contribution in [0.3, 0.4) is 0 Å². The molecule has 0 aliphatic carbocycles. The third-order valence-electron chi connectivity index (χ3n) is 2.97. The van der Waals surface area contributed by atoms with Crippen molar-refractivity contribution in [3.8, 4) is 0 Å². The molecule has 0 aliphatic heterocycles. The molecule has 18 heavy (non-hydrogen) atoms. The van der Waals surface area contributed by atoms with Crippen molar-refractivity contribution in [1.29, 1.82) is 0 Å². The first-order chi connectivity index (χ1) is 8.49. The van der Waals surface area contributed by atoms with Crippen molar-refractivity contribution in [2.75, 3.05) is 0 Å². The van der Waals surface area contributed by atoms with E-state index >= 15 is 0 Å². The molecule has 1 nitrogen and oxygen atoms in total. The van der Waals surface area contributed by atoms with Crippen LogP contribution >= 0.6 is 15.9 Å². The molecule has 1 N–H and O–H groups in total. The fourth-order valence-electron chi connectivity index (χ4n) is 2.02. The van der Waals surface area contributed by atoms with Gasteiger partial charge in [-0.3, -0.25) is 0 Å². The van der Waals surface area contributed by atoms with Crippen LogP contribution in [0, 0.1) is 19.7 Å². The Bertz CT molecular complexity index is 581. The van der Waals surface area contributed by atoms with Gasteiger partial charge in [-0.1, -0.05) is 39.7 Å². The summed E-state index contributed by atoms with van der Waals surface area (Å²) in [5, 5.41) is 10.4. The van der Waals surface area contributed by atoms with E-state index in [2.05, 4.69) is 15.9 Å². The largest absolute Gasteiger partial charge is 0.384 e. The summed E-state index contributed by atoms with van der Waals surface area (Å²) in [6, 6.07) is 10.2. The Balaban J connectivity index is 2.47. The van der Waals surface area contributed by atoms with Crippen LogP contribution in [0.4, 0.5) is 4.39 Å². The number of aliphatic hydroxyl groups is 1. The molecule has 0 fully saturated rings. The van der Waals surface area contributed by atoms with E-state index in [0.29, 0.717) is 10.0 Å². The van der Waals surface area contributed by atoms with Crippen molar-refractivity contribution in [1.82, 2.24) is 0 Å². The smallest absolute Gasteiger partial charge is 0.123 e. The Hall–Kier alpha value is -1.19. The minimum atomic E-state index is -0.823. The molecule has 2 aromatic rings. The highest BCUT2D eigenvalue weighted by atomic mass is 79.9. The molecule has 0 saturated heterocycles. The first-order valence-corrected chi connectivity index (χ1v) is 6.48. The van der Waals surface area contributed by atoms with Crippen LogP contribution in [0.25, 0.3) is 0 Å². The molecule has 0 aliphatic rings. The van der Waals surface area contributed by atoms with Gasteiger partial charge in [-0.15, -0.1) is 0 Å². The number of rotatable bonds is 2. The summed E-state index contributed by atoms with van der Waals surface area (Å²) in [4.78, 5) is 0. The first kappa shape index (κ1) is 13.2. The predicted octanol–water partition coefficient (Wildman–Crippen LogP) is 4.29. The Morgan fingerprint density at radius 3 is 2.44 bits per heavy atom. The van der Waals surface area contributed by atoms with Gasteiger partial charge in [0.2, 0.25) is 0 Å². The molecule has 0 spiro atoms.